The molecule has 0 aliphatic carbocycles. The highest BCUT2D eigenvalue weighted by atomic mass is 32.2. The number of furan rings is 1. The maximum Gasteiger partial charge on any atom is 0.157 e. The minimum Gasteiger partial charge on any atom is -0.464 e. The smallest absolute Gasteiger partial charge is 0.157 e. The Kier molecular flexibility index (Phi) is 3.59. The largest absolute Gasteiger partial charge is 0.464 e. The molecule has 88 valence electrons. The Balaban J connectivity index is 1.96. The number of aryl methyl sites for hydroxylation is 1. The second kappa shape index (κ2) is 4.95. The van der Waals surface area contributed by atoms with Crippen LogP contribution in [0.4, 0.5) is 0 Å². The lowest BCUT2D eigenvalue weighted by Gasteiger charge is -2.26. The SMILES string of the molecule is Cc1ccc(CN=C2NC(C)CC(C)S2)o1. The Morgan fingerprint density at radius 3 is 2.94 bits per heavy atom. The lowest BCUT2D eigenvalue weighted by Crippen LogP contribution is -2.38. The molecule has 0 saturated carbocycles. The molecule has 0 amide bonds. The van der Waals surface area contributed by atoms with Crippen LogP contribution >= 0.6 is 11.8 Å². The quantitative estimate of drug-likeness (QED) is 0.860. The number of rotatable bonds is 2. The number of aliphatic imine (C=N–C) groups is 1. The van der Waals surface area contributed by atoms with Crippen molar-refractivity contribution in [1.29, 1.82) is 0 Å². The average Bonchev–Trinajstić information content (AvgIpc) is 2.60. The topological polar surface area (TPSA) is 37.5 Å². The van der Waals surface area contributed by atoms with E-state index >= 15 is 0 Å². The molecule has 2 unspecified atom stereocenters. The molecule has 0 radical (unpaired) electrons. The Morgan fingerprint density at radius 2 is 2.31 bits per heavy atom. The van der Waals surface area contributed by atoms with Gasteiger partial charge < -0.3 is 9.73 Å². The van der Waals surface area contributed by atoms with Gasteiger partial charge in [-0.15, -0.1) is 0 Å². The van der Waals surface area contributed by atoms with Gasteiger partial charge in [-0.3, -0.25) is 4.99 Å². The zero-order chi connectivity index (χ0) is 11.5. The maximum absolute atomic E-state index is 5.48. The second-order valence-electron chi connectivity index (χ2n) is 4.34. The summed E-state index contributed by atoms with van der Waals surface area (Å²) in [7, 11) is 0. The van der Waals surface area contributed by atoms with Crippen LogP contribution in [0.15, 0.2) is 21.5 Å². The summed E-state index contributed by atoms with van der Waals surface area (Å²) < 4.78 is 5.48. The van der Waals surface area contributed by atoms with E-state index in [9.17, 15) is 0 Å². The van der Waals surface area contributed by atoms with Crippen LogP contribution in [0.3, 0.4) is 0 Å². The minimum atomic E-state index is 0.522. The molecule has 1 aromatic rings. The predicted molar refractivity (Wildman–Crippen MR) is 68.9 cm³/mol. The van der Waals surface area contributed by atoms with Crippen LogP contribution < -0.4 is 5.32 Å². The lowest BCUT2D eigenvalue weighted by atomic mass is 10.2. The first-order valence-electron chi connectivity index (χ1n) is 5.66. The van der Waals surface area contributed by atoms with E-state index in [4.69, 9.17) is 4.42 Å². The molecular weight excluding hydrogens is 220 g/mol. The maximum atomic E-state index is 5.48. The second-order valence-corrected chi connectivity index (χ2v) is 5.77. The van der Waals surface area contributed by atoms with Crippen molar-refractivity contribution < 1.29 is 4.42 Å². The highest BCUT2D eigenvalue weighted by molar-refractivity contribution is 8.14. The third-order valence-corrected chi connectivity index (χ3v) is 3.61. The monoisotopic (exact) mass is 238 g/mol. The molecule has 4 heteroatoms. The summed E-state index contributed by atoms with van der Waals surface area (Å²) in [5.41, 5.74) is 0. The van der Waals surface area contributed by atoms with Crippen LogP contribution in [-0.2, 0) is 6.54 Å². The summed E-state index contributed by atoms with van der Waals surface area (Å²) in [6.07, 6.45) is 1.20. The first kappa shape index (κ1) is 11.6. The molecule has 3 nitrogen and oxygen atoms in total. The molecule has 0 aromatic carbocycles. The predicted octanol–water partition coefficient (Wildman–Crippen LogP) is 2.95. The summed E-state index contributed by atoms with van der Waals surface area (Å²) in [6, 6.07) is 4.48. The summed E-state index contributed by atoms with van der Waals surface area (Å²) in [4.78, 5) is 4.54. The number of amidine groups is 1. The van der Waals surface area contributed by atoms with Gasteiger partial charge in [0, 0.05) is 11.3 Å². The third-order valence-electron chi connectivity index (χ3n) is 2.54. The Bertz CT molecular complexity index is 374. The molecule has 16 heavy (non-hydrogen) atoms. The van der Waals surface area contributed by atoms with E-state index in [2.05, 4.69) is 24.2 Å². The number of hydrogen-bond acceptors (Lipinski definition) is 3. The molecule has 1 aromatic heterocycles. The molecule has 2 rings (SSSR count). The van der Waals surface area contributed by atoms with Crippen molar-refractivity contribution in [2.75, 3.05) is 0 Å². The van der Waals surface area contributed by atoms with Gasteiger partial charge in [-0.05, 0) is 32.4 Å². The number of thioether (sulfide) groups is 1. The summed E-state index contributed by atoms with van der Waals surface area (Å²) in [6.45, 7) is 7.02. The lowest BCUT2D eigenvalue weighted by molar-refractivity contribution is 0.485. The molecule has 2 heterocycles. The molecule has 1 aliphatic rings. The van der Waals surface area contributed by atoms with Gasteiger partial charge in [-0.1, -0.05) is 18.7 Å². The number of nitrogens with zero attached hydrogens (tertiary/aromatic N) is 1. The zero-order valence-electron chi connectivity index (χ0n) is 9.99. The molecule has 0 bridgehead atoms. The Labute approximate surface area is 101 Å². The zero-order valence-corrected chi connectivity index (χ0v) is 10.8. The van der Waals surface area contributed by atoms with E-state index in [-0.39, 0.29) is 0 Å². The van der Waals surface area contributed by atoms with E-state index in [0.717, 1.165) is 16.7 Å². The van der Waals surface area contributed by atoms with Crippen molar-refractivity contribution in [3.8, 4) is 0 Å². The van der Waals surface area contributed by atoms with Crippen LogP contribution in [0.2, 0.25) is 0 Å². The van der Waals surface area contributed by atoms with E-state index in [1.807, 2.05) is 30.8 Å². The van der Waals surface area contributed by atoms with Crippen molar-refractivity contribution in [2.24, 2.45) is 4.99 Å². The van der Waals surface area contributed by atoms with Crippen LogP contribution in [0.1, 0.15) is 31.8 Å². The summed E-state index contributed by atoms with van der Waals surface area (Å²) >= 11 is 1.81. The van der Waals surface area contributed by atoms with Crippen molar-refractivity contribution in [2.45, 2.75) is 45.0 Å². The standard InChI is InChI=1S/C12H18N2OS/c1-8-6-10(3)16-12(14-8)13-7-11-5-4-9(2)15-11/h4-5,8,10H,6-7H2,1-3H3,(H,13,14). The summed E-state index contributed by atoms with van der Waals surface area (Å²) in [5.74, 6) is 1.87. The number of nitrogens with one attached hydrogen (secondary N) is 1. The van der Waals surface area contributed by atoms with Crippen molar-refractivity contribution in [1.82, 2.24) is 5.32 Å². The summed E-state index contributed by atoms with van der Waals surface area (Å²) in [5, 5.41) is 5.08. The van der Waals surface area contributed by atoms with Gasteiger partial charge in [0.05, 0.1) is 6.54 Å². The van der Waals surface area contributed by atoms with E-state index in [1.165, 1.54) is 6.42 Å². The van der Waals surface area contributed by atoms with E-state index < -0.39 is 0 Å². The number of hydrogen-bond donors (Lipinski definition) is 1. The van der Waals surface area contributed by atoms with E-state index in [1.54, 1.807) is 0 Å². The molecular formula is C12H18N2OS. The third kappa shape index (κ3) is 3.04. The highest BCUT2D eigenvalue weighted by Crippen LogP contribution is 2.22. The molecule has 0 spiro atoms. The first-order chi connectivity index (χ1) is 7.63. The Hall–Kier alpha value is -0.900. The molecule has 1 N–H and O–H groups in total. The van der Waals surface area contributed by atoms with Crippen LogP contribution in [-0.4, -0.2) is 16.5 Å². The van der Waals surface area contributed by atoms with Gasteiger partial charge in [0.2, 0.25) is 0 Å². The molecule has 1 aliphatic heterocycles. The molecule has 1 saturated heterocycles. The van der Waals surface area contributed by atoms with Gasteiger partial charge in [-0.2, -0.15) is 0 Å². The fourth-order valence-corrected chi connectivity index (χ4v) is 3.02. The van der Waals surface area contributed by atoms with Crippen LogP contribution in [0, 0.1) is 6.92 Å². The van der Waals surface area contributed by atoms with Gasteiger partial charge in [-0.25, -0.2) is 0 Å². The van der Waals surface area contributed by atoms with Crippen molar-refractivity contribution in [3.05, 3.63) is 23.7 Å². The minimum absolute atomic E-state index is 0.522. The highest BCUT2D eigenvalue weighted by Gasteiger charge is 2.19. The molecule has 2 atom stereocenters. The van der Waals surface area contributed by atoms with Gasteiger partial charge >= 0.3 is 0 Å². The van der Waals surface area contributed by atoms with Crippen LogP contribution in [0.25, 0.3) is 0 Å². The first-order valence-corrected chi connectivity index (χ1v) is 6.54. The van der Waals surface area contributed by atoms with Gasteiger partial charge in [0.15, 0.2) is 5.17 Å². The van der Waals surface area contributed by atoms with Crippen molar-refractivity contribution in [3.63, 3.8) is 0 Å². The van der Waals surface area contributed by atoms with Crippen molar-refractivity contribution >= 4 is 16.9 Å². The van der Waals surface area contributed by atoms with E-state index in [0.29, 0.717) is 17.8 Å². The fraction of sp³-hybridized carbons (Fsp3) is 0.583. The Morgan fingerprint density at radius 1 is 1.50 bits per heavy atom. The normalized spacial score (nSPS) is 28.1. The average molecular weight is 238 g/mol. The van der Waals surface area contributed by atoms with Gasteiger partial charge in [0.1, 0.15) is 11.5 Å². The van der Waals surface area contributed by atoms with Gasteiger partial charge in [0.25, 0.3) is 0 Å². The van der Waals surface area contributed by atoms with Crippen LogP contribution in [0.5, 0.6) is 0 Å². The molecule has 1 fully saturated rings. The fourth-order valence-electron chi connectivity index (χ4n) is 1.84.